The highest BCUT2D eigenvalue weighted by atomic mass is 35.5. The van der Waals surface area contributed by atoms with Crippen molar-refractivity contribution in [3.8, 4) is 5.75 Å². The van der Waals surface area contributed by atoms with E-state index in [4.69, 9.17) is 28.6 Å². The van der Waals surface area contributed by atoms with Gasteiger partial charge in [0, 0.05) is 17.6 Å². The second kappa shape index (κ2) is 6.22. The van der Waals surface area contributed by atoms with Crippen LogP contribution in [0.15, 0.2) is 41.6 Å². The van der Waals surface area contributed by atoms with Gasteiger partial charge in [0.2, 0.25) is 5.62 Å². The zero-order valence-corrected chi connectivity index (χ0v) is 14.2. The average Bonchev–Trinajstić information content (AvgIpc) is 2.80. The largest absolute Gasteiger partial charge is 0.507 e. The van der Waals surface area contributed by atoms with Gasteiger partial charge in [0.05, 0.1) is 22.6 Å². The monoisotopic (exact) mass is 364 g/mol. The highest BCUT2D eigenvalue weighted by Gasteiger charge is 2.16. The molecule has 0 amide bonds. The number of imidazole rings is 1. The van der Waals surface area contributed by atoms with Crippen LogP contribution in [0.3, 0.4) is 0 Å². The zero-order chi connectivity index (χ0) is 17.4. The second-order valence-corrected chi connectivity index (χ2v) is 6.13. The Bertz CT molecular complexity index is 1020. The first-order valence-corrected chi connectivity index (χ1v) is 7.77. The van der Waals surface area contributed by atoms with Crippen molar-refractivity contribution in [1.82, 2.24) is 9.13 Å². The molecule has 124 valence electrons. The number of nitrogens with one attached hydrogen (secondary N) is 1. The molecule has 0 aliphatic heterocycles. The number of fused-ring (bicyclic) bond motifs is 1. The topological polar surface area (TPSA) is 86.5 Å². The molecule has 1 aromatic heterocycles. The molecule has 0 atom stereocenters. The van der Waals surface area contributed by atoms with Crippen LogP contribution in [0.1, 0.15) is 5.56 Å². The molecular weight excluding hydrogens is 351 g/mol. The first-order chi connectivity index (χ1) is 11.4. The average molecular weight is 365 g/mol. The zero-order valence-electron chi connectivity index (χ0n) is 12.7. The van der Waals surface area contributed by atoms with Crippen LogP contribution in [0, 0.1) is 5.41 Å². The molecule has 1 heterocycles. The number of rotatable bonds is 3. The van der Waals surface area contributed by atoms with Crippen LogP contribution in [0.2, 0.25) is 10.0 Å². The van der Waals surface area contributed by atoms with Crippen LogP contribution in [0.4, 0.5) is 0 Å². The van der Waals surface area contributed by atoms with Crippen molar-refractivity contribution < 1.29 is 10.3 Å². The Hall–Kier alpha value is -2.44. The summed E-state index contributed by atoms with van der Waals surface area (Å²) in [5.41, 5.74) is 2.09. The number of hydrogen-bond acceptors (Lipinski definition) is 4. The van der Waals surface area contributed by atoms with E-state index in [1.54, 1.807) is 28.3 Å². The van der Waals surface area contributed by atoms with E-state index in [-0.39, 0.29) is 23.6 Å². The minimum atomic E-state index is -0.0578. The van der Waals surface area contributed by atoms with E-state index in [2.05, 4.69) is 5.16 Å². The highest BCUT2D eigenvalue weighted by Crippen LogP contribution is 2.25. The van der Waals surface area contributed by atoms with Crippen LogP contribution >= 0.6 is 23.2 Å². The first-order valence-electron chi connectivity index (χ1n) is 7.02. The SMILES string of the molecule is Cn1c(=N)n(C/C(=N/O)c2cc(Cl)ccc2O)c2cccc(Cl)c21. The lowest BCUT2D eigenvalue weighted by Crippen LogP contribution is -2.26. The molecule has 0 fully saturated rings. The van der Waals surface area contributed by atoms with Gasteiger partial charge in [-0.25, -0.2) is 0 Å². The minimum absolute atomic E-state index is 0.0578. The Kier molecular flexibility index (Phi) is 4.26. The number of para-hydroxylation sites is 1. The maximum Gasteiger partial charge on any atom is 0.203 e. The van der Waals surface area contributed by atoms with E-state index in [0.717, 1.165) is 5.52 Å². The predicted molar refractivity (Wildman–Crippen MR) is 93.2 cm³/mol. The molecular formula is C16H14Cl2N4O2. The Balaban J connectivity index is 2.16. The van der Waals surface area contributed by atoms with Gasteiger partial charge in [-0.05, 0) is 30.3 Å². The van der Waals surface area contributed by atoms with Crippen molar-refractivity contribution in [2.45, 2.75) is 6.54 Å². The number of aryl methyl sites for hydroxylation is 1. The second-order valence-electron chi connectivity index (χ2n) is 5.28. The van der Waals surface area contributed by atoms with Crippen LogP contribution in [-0.4, -0.2) is 25.2 Å². The van der Waals surface area contributed by atoms with Crippen LogP contribution < -0.4 is 5.62 Å². The molecule has 3 rings (SSSR count). The molecule has 24 heavy (non-hydrogen) atoms. The number of nitrogens with zero attached hydrogens (tertiary/aromatic N) is 3. The van der Waals surface area contributed by atoms with Crippen molar-refractivity contribution in [2.75, 3.05) is 0 Å². The number of halogens is 2. The number of benzene rings is 2. The van der Waals surface area contributed by atoms with E-state index in [9.17, 15) is 10.3 Å². The smallest absolute Gasteiger partial charge is 0.203 e. The lowest BCUT2D eigenvalue weighted by Gasteiger charge is -2.09. The lowest BCUT2D eigenvalue weighted by molar-refractivity contribution is 0.317. The van der Waals surface area contributed by atoms with Gasteiger partial charge in [-0.15, -0.1) is 0 Å². The van der Waals surface area contributed by atoms with Gasteiger partial charge in [-0.2, -0.15) is 0 Å². The van der Waals surface area contributed by atoms with E-state index in [0.29, 0.717) is 21.1 Å². The number of aromatic hydroxyl groups is 1. The van der Waals surface area contributed by atoms with Crippen molar-refractivity contribution in [1.29, 1.82) is 5.41 Å². The molecule has 0 spiro atoms. The Morgan fingerprint density at radius 3 is 2.71 bits per heavy atom. The fourth-order valence-corrected chi connectivity index (χ4v) is 3.14. The van der Waals surface area contributed by atoms with Crippen LogP contribution in [-0.2, 0) is 13.6 Å². The van der Waals surface area contributed by atoms with Gasteiger partial charge in [0.25, 0.3) is 0 Å². The molecule has 8 heteroatoms. The third-order valence-corrected chi connectivity index (χ3v) is 4.40. The van der Waals surface area contributed by atoms with Gasteiger partial charge >= 0.3 is 0 Å². The van der Waals surface area contributed by atoms with Gasteiger partial charge in [-0.3, -0.25) is 5.41 Å². The summed E-state index contributed by atoms with van der Waals surface area (Å²) in [6.45, 7) is 0.0704. The predicted octanol–water partition coefficient (Wildman–Crippen LogP) is 3.35. The van der Waals surface area contributed by atoms with Crippen molar-refractivity contribution >= 4 is 39.9 Å². The summed E-state index contributed by atoms with van der Waals surface area (Å²) in [4.78, 5) is 0. The number of oxime groups is 1. The van der Waals surface area contributed by atoms with Crippen LogP contribution in [0.25, 0.3) is 11.0 Å². The maximum absolute atomic E-state index is 10.0. The fraction of sp³-hybridized carbons (Fsp3) is 0.125. The quantitative estimate of drug-likeness (QED) is 0.378. The molecule has 0 saturated heterocycles. The van der Waals surface area contributed by atoms with Gasteiger partial charge < -0.3 is 19.4 Å². The number of aromatic nitrogens is 2. The summed E-state index contributed by atoms with van der Waals surface area (Å²) in [7, 11) is 1.74. The van der Waals surface area contributed by atoms with Crippen molar-refractivity contribution in [3.05, 3.63) is 57.6 Å². The molecule has 0 aliphatic rings. The highest BCUT2D eigenvalue weighted by molar-refractivity contribution is 6.35. The lowest BCUT2D eigenvalue weighted by atomic mass is 10.1. The molecule has 0 saturated carbocycles. The van der Waals surface area contributed by atoms with E-state index in [1.165, 1.54) is 18.2 Å². The van der Waals surface area contributed by atoms with Gasteiger partial charge in [0.15, 0.2) is 0 Å². The Morgan fingerprint density at radius 1 is 1.25 bits per heavy atom. The maximum atomic E-state index is 10.0. The van der Waals surface area contributed by atoms with E-state index >= 15 is 0 Å². The number of phenols is 1. The summed E-state index contributed by atoms with van der Waals surface area (Å²) >= 11 is 12.2. The molecule has 3 aromatic rings. The summed E-state index contributed by atoms with van der Waals surface area (Å²) in [6.07, 6.45) is 0. The summed E-state index contributed by atoms with van der Waals surface area (Å²) < 4.78 is 3.28. The molecule has 6 nitrogen and oxygen atoms in total. The number of phenolic OH excluding ortho intramolecular Hbond substituents is 1. The molecule has 2 aromatic carbocycles. The van der Waals surface area contributed by atoms with E-state index < -0.39 is 0 Å². The minimum Gasteiger partial charge on any atom is -0.507 e. The third-order valence-electron chi connectivity index (χ3n) is 3.86. The summed E-state index contributed by atoms with van der Waals surface area (Å²) in [6, 6.07) is 9.83. The van der Waals surface area contributed by atoms with Crippen molar-refractivity contribution in [3.63, 3.8) is 0 Å². The van der Waals surface area contributed by atoms with Gasteiger partial charge in [-0.1, -0.05) is 34.4 Å². The standard InChI is InChI=1S/C16H14Cl2N4O2/c1-21-15-11(18)3-2-4-13(15)22(16(21)19)8-12(20-24)10-7-9(17)5-6-14(10)23/h2-7,19,23-24H,8H2,1H3/b19-16?,20-12-. The molecule has 0 aliphatic carbocycles. The molecule has 0 unspecified atom stereocenters. The summed E-state index contributed by atoms with van der Waals surface area (Å²) in [5, 5.41) is 31.9. The molecule has 0 bridgehead atoms. The Labute approximate surface area is 147 Å². The molecule has 3 N–H and O–H groups in total. The van der Waals surface area contributed by atoms with E-state index in [1.807, 2.05) is 6.07 Å². The number of hydrogen-bond donors (Lipinski definition) is 3. The normalized spacial score (nSPS) is 12.0. The van der Waals surface area contributed by atoms with Crippen LogP contribution in [0.5, 0.6) is 5.75 Å². The summed E-state index contributed by atoms with van der Waals surface area (Å²) in [5.74, 6) is -0.0578. The van der Waals surface area contributed by atoms with Crippen molar-refractivity contribution in [2.24, 2.45) is 12.2 Å². The van der Waals surface area contributed by atoms with Gasteiger partial charge in [0.1, 0.15) is 11.5 Å². The fourth-order valence-electron chi connectivity index (χ4n) is 2.67. The first kappa shape index (κ1) is 16.4. The third kappa shape index (κ3) is 2.64. The Morgan fingerprint density at radius 2 is 2.00 bits per heavy atom. The molecule has 0 radical (unpaired) electrons.